The maximum Gasteiger partial charge on any atom is 0.313 e. The first-order valence-corrected chi connectivity index (χ1v) is 9.64. The summed E-state index contributed by atoms with van der Waals surface area (Å²) in [6, 6.07) is 12.7. The Kier molecular flexibility index (Phi) is 5.35. The molecule has 1 aliphatic heterocycles. The zero-order chi connectivity index (χ0) is 21.3. The number of fused-ring (bicyclic) bond motifs is 1. The Morgan fingerprint density at radius 3 is 2.73 bits per heavy atom. The minimum Gasteiger partial charge on any atom is -0.497 e. The highest BCUT2D eigenvalue weighted by atomic mass is 19.1. The molecular weight excluding hydrogens is 387 g/mol. The molecule has 2 aromatic carbocycles. The minimum absolute atomic E-state index is 0.184. The normalized spacial score (nSPS) is 18.3. The third-order valence-corrected chi connectivity index (χ3v) is 5.21. The van der Waals surface area contributed by atoms with Crippen LogP contribution in [0.2, 0.25) is 0 Å². The summed E-state index contributed by atoms with van der Waals surface area (Å²) in [5.41, 5.74) is 2.78. The molecule has 6 nitrogen and oxygen atoms in total. The molecule has 7 heteroatoms. The van der Waals surface area contributed by atoms with Crippen LogP contribution in [0.4, 0.5) is 4.39 Å². The molecule has 1 saturated heterocycles. The van der Waals surface area contributed by atoms with Crippen molar-refractivity contribution in [2.45, 2.75) is 25.4 Å². The van der Waals surface area contributed by atoms with Gasteiger partial charge in [0.1, 0.15) is 17.7 Å². The highest BCUT2D eigenvalue weighted by Gasteiger charge is 2.37. The second kappa shape index (κ2) is 8.10. The van der Waals surface area contributed by atoms with E-state index >= 15 is 0 Å². The van der Waals surface area contributed by atoms with E-state index in [0.29, 0.717) is 17.7 Å². The van der Waals surface area contributed by atoms with E-state index in [1.54, 1.807) is 7.11 Å². The van der Waals surface area contributed by atoms with Gasteiger partial charge >= 0.3 is 5.97 Å². The van der Waals surface area contributed by atoms with Crippen LogP contribution < -0.4 is 10.1 Å². The Bertz CT molecular complexity index is 1110. The fraction of sp³-hybridized carbons (Fsp3) is 0.261. The molecule has 3 aromatic rings. The number of halogens is 1. The average Bonchev–Trinajstić information content (AvgIpc) is 3.12. The van der Waals surface area contributed by atoms with Crippen LogP contribution in [0.5, 0.6) is 5.75 Å². The van der Waals surface area contributed by atoms with Crippen molar-refractivity contribution >= 4 is 22.8 Å². The van der Waals surface area contributed by atoms with Crippen LogP contribution in [0, 0.1) is 12.7 Å². The standard InChI is InChI=1S/C23H21FN2O4/c1-13-9-18(19-10-16(29-2)7-8-21(19)26-13)20-11-17(30-23(20)28)12-25-22(27)14-3-5-15(24)6-4-14/h3-10,17,20H,11-12H2,1-2H3,(H,25,27). The molecule has 2 heterocycles. The predicted octanol–water partition coefficient (Wildman–Crippen LogP) is 3.52. The van der Waals surface area contributed by atoms with Crippen molar-refractivity contribution in [2.24, 2.45) is 0 Å². The lowest BCUT2D eigenvalue weighted by atomic mass is 9.92. The van der Waals surface area contributed by atoms with Crippen LogP contribution in [0.25, 0.3) is 10.9 Å². The van der Waals surface area contributed by atoms with Gasteiger partial charge in [-0.25, -0.2) is 4.39 Å². The molecule has 4 rings (SSSR count). The molecule has 1 N–H and O–H groups in total. The number of hydrogen-bond donors (Lipinski definition) is 1. The maximum atomic E-state index is 13.0. The number of benzene rings is 2. The summed E-state index contributed by atoms with van der Waals surface area (Å²) < 4.78 is 23.8. The number of esters is 1. The van der Waals surface area contributed by atoms with Gasteiger partial charge in [-0.15, -0.1) is 0 Å². The van der Waals surface area contributed by atoms with Gasteiger partial charge in [-0.1, -0.05) is 0 Å². The number of ether oxygens (including phenoxy) is 2. The second-order valence-corrected chi connectivity index (χ2v) is 7.30. The molecule has 2 atom stereocenters. The first-order valence-electron chi connectivity index (χ1n) is 9.64. The van der Waals surface area contributed by atoms with Crippen molar-refractivity contribution in [1.29, 1.82) is 0 Å². The molecule has 0 saturated carbocycles. The first-order chi connectivity index (χ1) is 14.4. The lowest BCUT2D eigenvalue weighted by Crippen LogP contribution is -2.32. The van der Waals surface area contributed by atoms with Crippen molar-refractivity contribution in [3.63, 3.8) is 0 Å². The van der Waals surface area contributed by atoms with E-state index < -0.39 is 17.8 Å². The summed E-state index contributed by atoms with van der Waals surface area (Å²) in [7, 11) is 1.59. The first kappa shape index (κ1) is 19.8. The van der Waals surface area contributed by atoms with E-state index in [1.165, 1.54) is 24.3 Å². The van der Waals surface area contributed by atoms with Crippen molar-refractivity contribution in [3.8, 4) is 5.75 Å². The number of cyclic esters (lactones) is 1. The van der Waals surface area contributed by atoms with Gasteiger partial charge in [-0.3, -0.25) is 14.6 Å². The van der Waals surface area contributed by atoms with E-state index in [1.807, 2.05) is 31.2 Å². The van der Waals surface area contributed by atoms with Crippen molar-refractivity contribution in [3.05, 3.63) is 71.2 Å². The fourth-order valence-corrected chi connectivity index (χ4v) is 3.73. The maximum absolute atomic E-state index is 13.0. The van der Waals surface area contributed by atoms with Gasteiger partial charge in [0.2, 0.25) is 0 Å². The van der Waals surface area contributed by atoms with Crippen LogP contribution in [-0.2, 0) is 9.53 Å². The van der Waals surface area contributed by atoms with Gasteiger partial charge in [0.05, 0.1) is 25.1 Å². The molecule has 1 aliphatic rings. The molecule has 154 valence electrons. The minimum atomic E-state index is -0.450. The van der Waals surface area contributed by atoms with Gasteiger partial charge in [0, 0.05) is 23.1 Å². The average molecular weight is 408 g/mol. The molecule has 1 aromatic heterocycles. The molecular formula is C23H21FN2O4. The number of aromatic nitrogens is 1. The molecule has 0 bridgehead atoms. The van der Waals surface area contributed by atoms with Crippen molar-refractivity contribution in [1.82, 2.24) is 10.3 Å². The smallest absolute Gasteiger partial charge is 0.313 e. The van der Waals surface area contributed by atoms with E-state index in [2.05, 4.69) is 10.3 Å². The molecule has 1 amide bonds. The van der Waals surface area contributed by atoms with Crippen LogP contribution in [0.1, 0.15) is 34.0 Å². The van der Waals surface area contributed by atoms with Crippen molar-refractivity contribution in [2.75, 3.05) is 13.7 Å². The van der Waals surface area contributed by atoms with Gasteiger partial charge in [0.25, 0.3) is 5.91 Å². The Morgan fingerprint density at radius 2 is 2.00 bits per heavy atom. The molecule has 0 radical (unpaired) electrons. The molecule has 0 spiro atoms. The largest absolute Gasteiger partial charge is 0.497 e. The monoisotopic (exact) mass is 408 g/mol. The van der Waals surface area contributed by atoms with E-state index in [4.69, 9.17) is 9.47 Å². The van der Waals surface area contributed by atoms with Gasteiger partial charge in [-0.05, 0) is 61.0 Å². The number of methoxy groups -OCH3 is 1. The number of aryl methyl sites for hydroxylation is 1. The summed E-state index contributed by atoms with van der Waals surface area (Å²) >= 11 is 0. The lowest BCUT2D eigenvalue weighted by molar-refractivity contribution is -0.142. The van der Waals surface area contributed by atoms with Crippen LogP contribution in [0.3, 0.4) is 0 Å². The quantitative estimate of drug-likeness (QED) is 0.654. The van der Waals surface area contributed by atoms with Gasteiger partial charge in [0.15, 0.2) is 0 Å². The third-order valence-electron chi connectivity index (χ3n) is 5.21. The SMILES string of the molecule is COc1ccc2nc(C)cc(C3CC(CNC(=O)c4ccc(F)cc4)OC3=O)c2c1. The highest BCUT2D eigenvalue weighted by Crippen LogP contribution is 2.36. The van der Waals surface area contributed by atoms with Crippen molar-refractivity contribution < 1.29 is 23.5 Å². The summed E-state index contributed by atoms with van der Waals surface area (Å²) in [4.78, 5) is 29.4. The van der Waals surface area contributed by atoms with Gasteiger partial charge in [-0.2, -0.15) is 0 Å². The Labute approximate surface area is 173 Å². The number of hydrogen-bond acceptors (Lipinski definition) is 5. The third kappa shape index (κ3) is 3.96. The summed E-state index contributed by atoms with van der Waals surface area (Å²) in [6.07, 6.45) is -0.000741. The topological polar surface area (TPSA) is 77.5 Å². The van der Waals surface area contributed by atoms with Crippen LogP contribution in [0.15, 0.2) is 48.5 Å². The van der Waals surface area contributed by atoms with Crippen LogP contribution >= 0.6 is 0 Å². The number of rotatable bonds is 5. The number of nitrogens with one attached hydrogen (secondary N) is 1. The Hall–Kier alpha value is -3.48. The summed E-state index contributed by atoms with van der Waals surface area (Å²) in [6.45, 7) is 2.07. The second-order valence-electron chi connectivity index (χ2n) is 7.30. The number of nitrogens with zero attached hydrogens (tertiary/aromatic N) is 1. The highest BCUT2D eigenvalue weighted by molar-refractivity contribution is 5.94. The van der Waals surface area contributed by atoms with E-state index in [-0.39, 0.29) is 18.4 Å². The lowest BCUT2D eigenvalue weighted by Gasteiger charge is -2.13. The zero-order valence-corrected chi connectivity index (χ0v) is 16.6. The number of pyridine rings is 1. The number of amides is 1. The fourth-order valence-electron chi connectivity index (χ4n) is 3.73. The van der Waals surface area contributed by atoms with E-state index in [0.717, 1.165) is 22.2 Å². The summed E-state index contributed by atoms with van der Waals surface area (Å²) in [5.74, 6) is -0.844. The molecule has 0 aliphatic carbocycles. The summed E-state index contributed by atoms with van der Waals surface area (Å²) in [5, 5.41) is 3.59. The Morgan fingerprint density at radius 1 is 1.23 bits per heavy atom. The van der Waals surface area contributed by atoms with Gasteiger partial charge < -0.3 is 14.8 Å². The predicted molar refractivity (Wildman–Crippen MR) is 109 cm³/mol. The Balaban J connectivity index is 1.51. The zero-order valence-electron chi connectivity index (χ0n) is 16.6. The molecule has 2 unspecified atom stereocenters. The number of carbonyl (C=O) groups is 2. The number of carbonyl (C=O) groups excluding carboxylic acids is 2. The molecule has 30 heavy (non-hydrogen) atoms. The molecule has 1 fully saturated rings. The van der Waals surface area contributed by atoms with E-state index in [9.17, 15) is 14.0 Å². The van der Waals surface area contributed by atoms with Crippen LogP contribution in [-0.4, -0.2) is 36.6 Å².